The third kappa shape index (κ3) is 2.96. The second-order valence-electron chi connectivity index (χ2n) is 3.55. The number of nitrogens with two attached hydrogens (primary N) is 1. The van der Waals surface area contributed by atoms with Gasteiger partial charge in [-0.3, -0.25) is 0 Å². The molecule has 1 unspecified atom stereocenters. The van der Waals surface area contributed by atoms with Crippen LogP contribution in [0.15, 0.2) is 6.07 Å². The Morgan fingerprint density at radius 3 is 2.76 bits per heavy atom. The number of ether oxygens (including phenoxy) is 2. The van der Waals surface area contributed by atoms with Gasteiger partial charge in [-0.2, -0.15) is 18.2 Å². The zero-order chi connectivity index (χ0) is 12.5. The van der Waals surface area contributed by atoms with Crippen molar-refractivity contribution in [2.45, 2.75) is 18.7 Å². The molecule has 17 heavy (non-hydrogen) atoms. The fourth-order valence-corrected chi connectivity index (χ4v) is 1.43. The Morgan fingerprint density at radius 2 is 2.18 bits per heavy atom. The lowest BCUT2D eigenvalue weighted by Gasteiger charge is -2.12. The van der Waals surface area contributed by atoms with E-state index in [0.717, 1.165) is 6.07 Å². The number of hydrogen-bond acceptors (Lipinski definition) is 5. The van der Waals surface area contributed by atoms with Crippen molar-refractivity contribution in [1.82, 2.24) is 9.97 Å². The van der Waals surface area contributed by atoms with Crippen LogP contribution in [-0.4, -0.2) is 29.3 Å². The molecule has 94 valence electrons. The van der Waals surface area contributed by atoms with Crippen molar-refractivity contribution in [3.8, 4) is 5.88 Å². The molecule has 1 saturated heterocycles. The molecule has 0 spiro atoms. The third-order valence-electron chi connectivity index (χ3n) is 2.19. The van der Waals surface area contributed by atoms with E-state index in [0.29, 0.717) is 19.6 Å². The van der Waals surface area contributed by atoms with Gasteiger partial charge in [0.05, 0.1) is 13.2 Å². The molecule has 8 heteroatoms. The van der Waals surface area contributed by atoms with Crippen LogP contribution in [-0.2, 0) is 10.9 Å². The van der Waals surface area contributed by atoms with E-state index in [2.05, 4.69) is 9.97 Å². The van der Waals surface area contributed by atoms with Crippen molar-refractivity contribution in [3.63, 3.8) is 0 Å². The summed E-state index contributed by atoms with van der Waals surface area (Å²) in [7, 11) is 0. The van der Waals surface area contributed by atoms with Crippen LogP contribution in [0.5, 0.6) is 5.88 Å². The van der Waals surface area contributed by atoms with Crippen molar-refractivity contribution in [2.75, 3.05) is 18.9 Å². The second kappa shape index (κ2) is 4.36. The molecule has 0 bridgehead atoms. The van der Waals surface area contributed by atoms with Crippen LogP contribution in [0.25, 0.3) is 0 Å². The van der Waals surface area contributed by atoms with E-state index in [9.17, 15) is 13.2 Å². The number of nitrogens with zero attached hydrogens (tertiary/aromatic N) is 2. The van der Waals surface area contributed by atoms with Crippen LogP contribution < -0.4 is 10.5 Å². The van der Waals surface area contributed by atoms with Crippen LogP contribution in [0.3, 0.4) is 0 Å². The lowest BCUT2D eigenvalue weighted by Crippen LogP contribution is -2.18. The molecule has 1 aliphatic rings. The molecule has 0 aromatic carbocycles. The minimum atomic E-state index is -4.57. The van der Waals surface area contributed by atoms with Gasteiger partial charge in [0.25, 0.3) is 0 Å². The highest BCUT2D eigenvalue weighted by atomic mass is 19.4. The number of alkyl halides is 3. The lowest BCUT2D eigenvalue weighted by atomic mass is 10.3. The van der Waals surface area contributed by atoms with Gasteiger partial charge in [-0.15, -0.1) is 0 Å². The molecule has 5 nitrogen and oxygen atoms in total. The van der Waals surface area contributed by atoms with E-state index in [1.165, 1.54) is 0 Å². The van der Waals surface area contributed by atoms with Crippen LogP contribution in [0.1, 0.15) is 12.1 Å². The number of aromatic nitrogens is 2. The Morgan fingerprint density at radius 1 is 1.41 bits per heavy atom. The van der Waals surface area contributed by atoms with Gasteiger partial charge in [0.15, 0.2) is 5.69 Å². The highest BCUT2D eigenvalue weighted by Crippen LogP contribution is 2.30. The maximum absolute atomic E-state index is 12.4. The molecule has 2 rings (SSSR count). The average molecular weight is 249 g/mol. The molecule has 2 heterocycles. The molecule has 1 aliphatic heterocycles. The first-order valence-electron chi connectivity index (χ1n) is 4.91. The van der Waals surface area contributed by atoms with Crippen LogP contribution >= 0.6 is 0 Å². The highest BCUT2D eigenvalue weighted by molar-refractivity contribution is 5.27. The molecular weight excluding hydrogens is 239 g/mol. The fraction of sp³-hybridized carbons (Fsp3) is 0.556. The Kier molecular flexibility index (Phi) is 3.05. The zero-order valence-corrected chi connectivity index (χ0v) is 8.70. The summed E-state index contributed by atoms with van der Waals surface area (Å²) in [5.74, 6) is -0.644. The maximum Gasteiger partial charge on any atom is 0.433 e. The van der Waals surface area contributed by atoms with Crippen molar-refractivity contribution in [1.29, 1.82) is 0 Å². The molecule has 0 amide bonds. The van der Waals surface area contributed by atoms with Gasteiger partial charge in [0.2, 0.25) is 11.8 Å². The third-order valence-corrected chi connectivity index (χ3v) is 2.19. The molecule has 0 saturated carbocycles. The van der Waals surface area contributed by atoms with Crippen molar-refractivity contribution < 1.29 is 22.6 Å². The van der Waals surface area contributed by atoms with Gasteiger partial charge >= 0.3 is 6.18 Å². The molecule has 1 aromatic rings. The van der Waals surface area contributed by atoms with Gasteiger partial charge in [-0.25, -0.2) is 4.98 Å². The predicted octanol–water partition coefficient (Wildman–Crippen LogP) is 1.25. The Labute approximate surface area is 94.8 Å². The molecular formula is C9H10F3N3O2. The van der Waals surface area contributed by atoms with E-state index in [1.54, 1.807) is 0 Å². The predicted molar refractivity (Wildman–Crippen MR) is 51.3 cm³/mol. The monoisotopic (exact) mass is 249 g/mol. The first-order valence-corrected chi connectivity index (χ1v) is 4.91. The number of rotatable bonds is 2. The lowest BCUT2D eigenvalue weighted by molar-refractivity contribution is -0.141. The smallest absolute Gasteiger partial charge is 0.433 e. The molecule has 0 radical (unpaired) electrons. The fourth-order valence-electron chi connectivity index (χ4n) is 1.43. The molecule has 1 fully saturated rings. The number of anilines is 1. The van der Waals surface area contributed by atoms with Gasteiger partial charge in [-0.1, -0.05) is 0 Å². The number of nitrogen functional groups attached to an aromatic ring is 1. The molecule has 0 aliphatic carbocycles. The standard InChI is InChI=1S/C9H10F3N3O2/c10-9(11,12)6-3-7(15-8(13)14-6)17-5-1-2-16-4-5/h3,5H,1-2,4H2,(H2,13,14,15). The molecule has 1 aromatic heterocycles. The summed E-state index contributed by atoms with van der Waals surface area (Å²) in [6.45, 7) is 0.864. The minimum Gasteiger partial charge on any atom is -0.472 e. The summed E-state index contributed by atoms with van der Waals surface area (Å²) in [6, 6.07) is 0.731. The number of halogens is 3. The first kappa shape index (κ1) is 11.9. The first-order chi connectivity index (χ1) is 7.95. The second-order valence-corrected chi connectivity index (χ2v) is 3.55. The summed E-state index contributed by atoms with van der Waals surface area (Å²) in [6.07, 6.45) is -4.24. The average Bonchev–Trinajstić information content (AvgIpc) is 2.68. The minimum absolute atomic E-state index is 0.180. The van der Waals surface area contributed by atoms with Gasteiger partial charge < -0.3 is 15.2 Å². The Hall–Kier alpha value is -1.57. The quantitative estimate of drug-likeness (QED) is 0.854. The van der Waals surface area contributed by atoms with E-state index in [1.807, 2.05) is 0 Å². The summed E-state index contributed by atoms with van der Waals surface area (Å²) in [5, 5.41) is 0. The van der Waals surface area contributed by atoms with Crippen LogP contribution in [0, 0.1) is 0 Å². The molecule has 1 atom stereocenters. The summed E-state index contributed by atoms with van der Waals surface area (Å²) < 4.78 is 47.6. The highest BCUT2D eigenvalue weighted by Gasteiger charge is 2.34. The van der Waals surface area contributed by atoms with Crippen molar-refractivity contribution in [3.05, 3.63) is 11.8 Å². The van der Waals surface area contributed by atoms with E-state index >= 15 is 0 Å². The van der Waals surface area contributed by atoms with Crippen molar-refractivity contribution >= 4 is 5.95 Å². The normalized spacial score (nSPS) is 20.5. The van der Waals surface area contributed by atoms with E-state index < -0.39 is 17.8 Å². The Bertz CT molecular complexity index is 405. The SMILES string of the molecule is Nc1nc(OC2CCOC2)cc(C(F)(F)F)n1. The maximum atomic E-state index is 12.4. The summed E-state index contributed by atoms with van der Waals surface area (Å²) >= 11 is 0. The summed E-state index contributed by atoms with van der Waals surface area (Å²) in [4.78, 5) is 6.71. The van der Waals surface area contributed by atoms with Crippen LogP contribution in [0.4, 0.5) is 19.1 Å². The zero-order valence-electron chi connectivity index (χ0n) is 8.70. The van der Waals surface area contributed by atoms with Gasteiger partial charge in [0, 0.05) is 12.5 Å². The molecule has 2 N–H and O–H groups in total. The van der Waals surface area contributed by atoms with E-state index in [4.69, 9.17) is 15.2 Å². The topological polar surface area (TPSA) is 70.3 Å². The van der Waals surface area contributed by atoms with Gasteiger partial charge in [-0.05, 0) is 0 Å². The largest absolute Gasteiger partial charge is 0.472 e. The van der Waals surface area contributed by atoms with Gasteiger partial charge in [0.1, 0.15) is 6.10 Å². The van der Waals surface area contributed by atoms with Crippen LogP contribution in [0.2, 0.25) is 0 Å². The Balaban J connectivity index is 2.19. The number of hydrogen-bond donors (Lipinski definition) is 1. The summed E-state index contributed by atoms with van der Waals surface area (Å²) in [5.41, 5.74) is 4.08. The van der Waals surface area contributed by atoms with Crippen molar-refractivity contribution in [2.24, 2.45) is 0 Å². The van der Waals surface area contributed by atoms with E-state index in [-0.39, 0.29) is 12.0 Å².